The van der Waals surface area contributed by atoms with Crippen LogP contribution in [0.3, 0.4) is 0 Å². The zero-order chi connectivity index (χ0) is 13.8. The molecule has 0 amide bonds. The van der Waals surface area contributed by atoms with E-state index >= 15 is 0 Å². The fourth-order valence-corrected chi connectivity index (χ4v) is 3.38. The van der Waals surface area contributed by atoms with Crippen molar-refractivity contribution in [3.8, 4) is 10.4 Å². The topological polar surface area (TPSA) is 17.1 Å². The van der Waals surface area contributed by atoms with Crippen molar-refractivity contribution in [3.63, 3.8) is 0 Å². The van der Waals surface area contributed by atoms with Crippen LogP contribution in [0, 0.1) is 5.92 Å². The maximum atomic E-state index is 11.0. The molecule has 0 atom stereocenters. The molecule has 0 fully saturated rings. The van der Waals surface area contributed by atoms with Crippen LogP contribution in [0.5, 0.6) is 0 Å². The fraction of sp³-hybridized carbons (Fsp3) is 0.188. The Morgan fingerprint density at radius 2 is 1.95 bits per heavy atom. The minimum Gasteiger partial charge on any atom is -0.298 e. The first-order chi connectivity index (χ1) is 9.11. The number of hydrogen-bond acceptors (Lipinski definition) is 2. The van der Waals surface area contributed by atoms with Crippen molar-refractivity contribution in [1.82, 2.24) is 0 Å². The lowest BCUT2D eigenvalue weighted by Gasteiger charge is -2.02. The van der Waals surface area contributed by atoms with Gasteiger partial charge in [0.15, 0.2) is 0 Å². The van der Waals surface area contributed by atoms with Crippen LogP contribution >= 0.6 is 27.3 Å². The number of thiophene rings is 1. The number of benzene rings is 1. The first kappa shape index (κ1) is 14.2. The highest BCUT2D eigenvalue weighted by Crippen LogP contribution is 2.34. The van der Waals surface area contributed by atoms with Crippen LogP contribution < -0.4 is 0 Å². The molecule has 1 nitrogen and oxygen atoms in total. The van der Waals surface area contributed by atoms with E-state index < -0.39 is 0 Å². The first-order valence-corrected chi connectivity index (χ1v) is 7.74. The second kappa shape index (κ2) is 6.31. The lowest BCUT2D eigenvalue weighted by molar-refractivity contribution is -0.105. The molecule has 98 valence electrons. The molecule has 0 N–H and O–H groups in total. The summed E-state index contributed by atoms with van der Waals surface area (Å²) in [6, 6.07) is 12.3. The summed E-state index contributed by atoms with van der Waals surface area (Å²) >= 11 is 5.26. The highest BCUT2D eigenvalue weighted by Gasteiger charge is 2.07. The molecule has 19 heavy (non-hydrogen) atoms. The summed E-state index contributed by atoms with van der Waals surface area (Å²) in [5, 5.41) is 0. The fourth-order valence-electron chi connectivity index (χ4n) is 1.74. The number of rotatable bonds is 4. The normalized spacial score (nSPS) is 11.9. The number of hydrogen-bond donors (Lipinski definition) is 0. The van der Waals surface area contributed by atoms with Gasteiger partial charge >= 0.3 is 0 Å². The van der Waals surface area contributed by atoms with Gasteiger partial charge in [-0.05, 0) is 35.8 Å². The van der Waals surface area contributed by atoms with Gasteiger partial charge in [-0.1, -0.05) is 48.0 Å². The van der Waals surface area contributed by atoms with Crippen molar-refractivity contribution in [2.24, 2.45) is 5.92 Å². The van der Waals surface area contributed by atoms with Crippen molar-refractivity contribution in [3.05, 3.63) is 51.3 Å². The molecule has 0 saturated heterocycles. The molecule has 1 heterocycles. The third-order valence-corrected chi connectivity index (χ3v) is 4.63. The summed E-state index contributed by atoms with van der Waals surface area (Å²) in [6.07, 6.45) is 2.92. The van der Waals surface area contributed by atoms with Gasteiger partial charge in [-0.25, -0.2) is 0 Å². The van der Waals surface area contributed by atoms with Gasteiger partial charge in [0.05, 0.1) is 0 Å². The van der Waals surface area contributed by atoms with Crippen LogP contribution in [-0.4, -0.2) is 6.29 Å². The average molecular weight is 335 g/mol. The van der Waals surface area contributed by atoms with E-state index in [9.17, 15) is 4.79 Å². The Labute approximate surface area is 126 Å². The Kier molecular flexibility index (Phi) is 4.72. The predicted molar refractivity (Wildman–Crippen MR) is 86.3 cm³/mol. The Bertz CT molecular complexity index is 611. The second-order valence-electron chi connectivity index (χ2n) is 4.60. The van der Waals surface area contributed by atoms with Crippen LogP contribution in [0.1, 0.15) is 18.7 Å². The van der Waals surface area contributed by atoms with Gasteiger partial charge in [0, 0.05) is 19.8 Å². The third kappa shape index (κ3) is 3.43. The Morgan fingerprint density at radius 1 is 1.21 bits per heavy atom. The number of carbonyl (C=O) groups excluding carboxylic acids is 1. The second-order valence-corrected chi connectivity index (χ2v) is 6.57. The minimum atomic E-state index is 0.256. The number of allylic oxidation sites excluding steroid dienone is 1. The number of carbonyl (C=O) groups is 1. The maximum absolute atomic E-state index is 11.0. The van der Waals surface area contributed by atoms with Crippen LogP contribution in [-0.2, 0) is 4.79 Å². The SMILES string of the molecule is CC(C)C(C=O)=Cc1ccc(-c2ccccc2Br)s1. The zero-order valence-corrected chi connectivity index (χ0v) is 13.3. The van der Waals surface area contributed by atoms with E-state index in [2.05, 4.69) is 34.1 Å². The highest BCUT2D eigenvalue weighted by atomic mass is 79.9. The van der Waals surface area contributed by atoms with Crippen molar-refractivity contribution in [2.45, 2.75) is 13.8 Å². The van der Waals surface area contributed by atoms with Gasteiger partial charge in [-0.15, -0.1) is 11.3 Å². The Balaban J connectivity index is 2.35. The summed E-state index contributed by atoms with van der Waals surface area (Å²) in [7, 11) is 0. The van der Waals surface area contributed by atoms with Crippen molar-refractivity contribution in [1.29, 1.82) is 0 Å². The summed E-state index contributed by atoms with van der Waals surface area (Å²) in [5.41, 5.74) is 2.02. The van der Waals surface area contributed by atoms with Gasteiger partial charge in [0.2, 0.25) is 0 Å². The smallest absolute Gasteiger partial charge is 0.146 e. The molecule has 0 spiro atoms. The highest BCUT2D eigenvalue weighted by molar-refractivity contribution is 9.10. The molecule has 1 aromatic carbocycles. The third-order valence-electron chi connectivity index (χ3n) is 2.88. The van der Waals surface area contributed by atoms with E-state index in [0.29, 0.717) is 0 Å². The largest absolute Gasteiger partial charge is 0.298 e. The van der Waals surface area contributed by atoms with E-state index in [0.717, 1.165) is 21.2 Å². The van der Waals surface area contributed by atoms with Gasteiger partial charge in [-0.2, -0.15) is 0 Å². The van der Waals surface area contributed by atoms with E-state index in [1.54, 1.807) is 11.3 Å². The van der Waals surface area contributed by atoms with Crippen LogP contribution in [0.2, 0.25) is 0 Å². The summed E-state index contributed by atoms with van der Waals surface area (Å²) in [4.78, 5) is 13.3. The quantitative estimate of drug-likeness (QED) is 0.539. The summed E-state index contributed by atoms with van der Waals surface area (Å²) in [5.74, 6) is 0.256. The number of halogens is 1. The van der Waals surface area contributed by atoms with E-state index in [1.807, 2.05) is 38.1 Å². The molecule has 0 aliphatic rings. The van der Waals surface area contributed by atoms with Crippen LogP contribution in [0.25, 0.3) is 16.5 Å². The maximum Gasteiger partial charge on any atom is 0.146 e. The van der Waals surface area contributed by atoms with Crippen molar-refractivity contribution in [2.75, 3.05) is 0 Å². The predicted octanol–water partition coefficient (Wildman–Crippen LogP) is 5.42. The zero-order valence-electron chi connectivity index (χ0n) is 10.9. The lowest BCUT2D eigenvalue weighted by atomic mass is 10.0. The van der Waals surface area contributed by atoms with E-state index in [1.165, 1.54) is 10.4 Å². The first-order valence-electron chi connectivity index (χ1n) is 6.13. The summed E-state index contributed by atoms with van der Waals surface area (Å²) < 4.78 is 1.09. The summed E-state index contributed by atoms with van der Waals surface area (Å²) in [6.45, 7) is 4.06. The van der Waals surface area contributed by atoms with Crippen LogP contribution in [0.15, 0.2) is 46.4 Å². The van der Waals surface area contributed by atoms with E-state index in [-0.39, 0.29) is 5.92 Å². The Morgan fingerprint density at radius 3 is 2.58 bits per heavy atom. The Hall–Kier alpha value is -1.19. The molecule has 3 heteroatoms. The molecule has 0 aliphatic carbocycles. The molecular weight excluding hydrogens is 320 g/mol. The lowest BCUT2D eigenvalue weighted by Crippen LogP contribution is -1.93. The monoisotopic (exact) mass is 334 g/mol. The van der Waals surface area contributed by atoms with Crippen LogP contribution in [0.4, 0.5) is 0 Å². The van der Waals surface area contributed by atoms with Crippen molar-refractivity contribution < 1.29 is 4.79 Å². The molecular formula is C16H15BrOS. The molecule has 0 bridgehead atoms. The standard InChI is InChI=1S/C16H15BrOS/c1-11(2)12(10-18)9-13-7-8-16(19-13)14-5-3-4-6-15(14)17/h3-11H,1-2H3. The van der Waals surface area contributed by atoms with Gasteiger partial charge in [0.1, 0.15) is 6.29 Å². The molecule has 0 unspecified atom stereocenters. The minimum absolute atomic E-state index is 0.256. The average Bonchev–Trinajstić information content (AvgIpc) is 2.84. The molecule has 2 rings (SSSR count). The molecule has 1 aromatic heterocycles. The number of aldehydes is 1. The van der Waals surface area contributed by atoms with Gasteiger partial charge in [-0.3, -0.25) is 4.79 Å². The molecule has 0 radical (unpaired) electrons. The van der Waals surface area contributed by atoms with E-state index in [4.69, 9.17) is 0 Å². The molecule has 0 aliphatic heterocycles. The molecule has 2 aromatic rings. The molecule has 0 saturated carbocycles. The van der Waals surface area contributed by atoms with Gasteiger partial charge in [0.25, 0.3) is 0 Å². The van der Waals surface area contributed by atoms with Gasteiger partial charge < -0.3 is 0 Å². The van der Waals surface area contributed by atoms with Crippen molar-refractivity contribution >= 4 is 39.6 Å².